The summed E-state index contributed by atoms with van der Waals surface area (Å²) < 4.78 is 49.2. The minimum Gasteiger partial charge on any atom is -0.336 e. The number of halogens is 2. The van der Waals surface area contributed by atoms with E-state index in [0.29, 0.717) is 31.9 Å². The van der Waals surface area contributed by atoms with E-state index in [-0.39, 0.29) is 22.9 Å². The third kappa shape index (κ3) is 5.38. The van der Waals surface area contributed by atoms with Gasteiger partial charge in [0.25, 0.3) is 5.91 Å². The third-order valence-electron chi connectivity index (χ3n) is 4.64. The number of benzene rings is 2. The first-order chi connectivity index (χ1) is 14.1. The fraction of sp³-hybridized carbons (Fsp3) is 0.263. The number of piperazine rings is 1. The standard InChI is InChI=1S/C19H20F2N4O4S/c20-16-5-4-13(10-17(16)21)19(27)25-8-6-24(7-9-25)12-18(26)23-14-2-1-3-15(11-14)30(22,28)29/h1-5,10-11H,6-9,12H2,(H,23,26)(H2,22,28,29). The van der Waals surface area contributed by atoms with Crippen molar-refractivity contribution in [3.8, 4) is 0 Å². The van der Waals surface area contributed by atoms with E-state index >= 15 is 0 Å². The molecule has 0 atom stereocenters. The number of amides is 2. The van der Waals surface area contributed by atoms with Crippen molar-refractivity contribution < 1.29 is 26.8 Å². The van der Waals surface area contributed by atoms with Crippen LogP contribution in [0.25, 0.3) is 0 Å². The number of sulfonamides is 1. The van der Waals surface area contributed by atoms with Gasteiger partial charge in [0.1, 0.15) is 0 Å². The maximum atomic E-state index is 13.3. The number of nitrogens with zero attached hydrogens (tertiary/aromatic N) is 2. The Morgan fingerprint density at radius 1 is 1.00 bits per heavy atom. The Labute approximate surface area is 172 Å². The lowest BCUT2D eigenvalue weighted by molar-refractivity contribution is -0.117. The molecule has 1 aliphatic heterocycles. The lowest BCUT2D eigenvalue weighted by Crippen LogP contribution is -2.50. The number of nitrogens with one attached hydrogen (secondary N) is 1. The summed E-state index contributed by atoms with van der Waals surface area (Å²) >= 11 is 0. The van der Waals surface area contributed by atoms with Crippen molar-refractivity contribution >= 4 is 27.5 Å². The second-order valence-electron chi connectivity index (χ2n) is 6.82. The van der Waals surface area contributed by atoms with Crippen molar-refractivity contribution in [2.24, 2.45) is 5.14 Å². The summed E-state index contributed by atoms with van der Waals surface area (Å²) in [7, 11) is -3.87. The van der Waals surface area contributed by atoms with Crippen LogP contribution in [0, 0.1) is 11.6 Å². The number of primary sulfonamides is 1. The zero-order valence-corrected chi connectivity index (χ0v) is 16.7. The molecular weight excluding hydrogens is 418 g/mol. The lowest BCUT2D eigenvalue weighted by atomic mass is 10.1. The quantitative estimate of drug-likeness (QED) is 0.724. The monoisotopic (exact) mass is 438 g/mol. The first kappa shape index (κ1) is 21.8. The Morgan fingerprint density at radius 3 is 2.33 bits per heavy atom. The SMILES string of the molecule is NS(=O)(=O)c1cccc(NC(=O)CN2CCN(C(=O)c3ccc(F)c(F)c3)CC2)c1. The summed E-state index contributed by atoms with van der Waals surface area (Å²) in [5.74, 6) is -2.85. The van der Waals surface area contributed by atoms with E-state index in [9.17, 15) is 26.8 Å². The molecule has 0 unspecified atom stereocenters. The van der Waals surface area contributed by atoms with E-state index < -0.39 is 27.6 Å². The fourth-order valence-corrected chi connectivity index (χ4v) is 3.63. The van der Waals surface area contributed by atoms with Crippen LogP contribution in [0.3, 0.4) is 0 Å². The molecule has 11 heteroatoms. The first-order valence-electron chi connectivity index (χ1n) is 9.03. The molecular formula is C19H20F2N4O4S. The van der Waals surface area contributed by atoms with Crippen LogP contribution in [0.1, 0.15) is 10.4 Å². The van der Waals surface area contributed by atoms with Crippen molar-refractivity contribution in [1.82, 2.24) is 9.80 Å². The van der Waals surface area contributed by atoms with Gasteiger partial charge in [-0.1, -0.05) is 6.07 Å². The van der Waals surface area contributed by atoms with E-state index in [1.165, 1.54) is 29.2 Å². The smallest absolute Gasteiger partial charge is 0.254 e. The van der Waals surface area contributed by atoms with Gasteiger partial charge in [0.15, 0.2) is 11.6 Å². The summed E-state index contributed by atoms with van der Waals surface area (Å²) in [5, 5.41) is 7.70. The van der Waals surface area contributed by atoms with E-state index in [1.807, 2.05) is 4.90 Å². The summed E-state index contributed by atoms with van der Waals surface area (Å²) in [6.45, 7) is 1.53. The Bertz CT molecular complexity index is 1070. The number of hydrogen-bond acceptors (Lipinski definition) is 5. The van der Waals surface area contributed by atoms with Crippen LogP contribution in [0.15, 0.2) is 47.4 Å². The predicted octanol–water partition coefficient (Wildman–Crippen LogP) is 1.01. The van der Waals surface area contributed by atoms with Crippen molar-refractivity contribution in [2.45, 2.75) is 4.90 Å². The van der Waals surface area contributed by atoms with Gasteiger partial charge in [-0.25, -0.2) is 22.3 Å². The largest absolute Gasteiger partial charge is 0.336 e. The molecule has 0 spiro atoms. The Hall–Kier alpha value is -2.89. The van der Waals surface area contributed by atoms with Crippen molar-refractivity contribution in [2.75, 3.05) is 38.0 Å². The van der Waals surface area contributed by atoms with Crippen LogP contribution >= 0.6 is 0 Å². The van der Waals surface area contributed by atoms with Gasteiger partial charge in [-0.05, 0) is 36.4 Å². The van der Waals surface area contributed by atoms with Gasteiger partial charge in [-0.2, -0.15) is 0 Å². The van der Waals surface area contributed by atoms with Crippen molar-refractivity contribution in [3.63, 3.8) is 0 Å². The van der Waals surface area contributed by atoms with Gasteiger partial charge in [0, 0.05) is 37.4 Å². The molecule has 2 aromatic rings. The second kappa shape index (κ2) is 8.86. The normalized spacial score (nSPS) is 15.1. The van der Waals surface area contributed by atoms with Gasteiger partial charge in [0.05, 0.1) is 11.4 Å². The first-order valence-corrected chi connectivity index (χ1v) is 10.6. The minimum atomic E-state index is -3.87. The topological polar surface area (TPSA) is 113 Å². The number of carbonyl (C=O) groups is 2. The van der Waals surface area contributed by atoms with Crippen molar-refractivity contribution in [1.29, 1.82) is 0 Å². The summed E-state index contributed by atoms with van der Waals surface area (Å²) in [6.07, 6.45) is 0. The number of hydrogen-bond donors (Lipinski definition) is 2. The molecule has 3 rings (SSSR count). The van der Waals surface area contributed by atoms with Gasteiger partial charge >= 0.3 is 0 Å². The highest BCUT2D eigenvalue weighted by atomic mass is 32.2. The molecule has 1 aliphatic rings. The highest BCUT2D eigenvalue weighted by Crippen LogP contribution is 2.15. The number of anilines is 1. The molecule has 1 fully saturated rings. The highest BCUT2D eigenvalue weighted by molar-refractivity contribution is 7.89. The fourth-order valence-electron chi connectivity index (χ4n) is 3.08. The molecule has 0 bridgehead atoms. The molecule has 8 nitrogen and oxygen atoms in total. The van der Waals surface area contributed by atoms with Gasteiger partial charge < -0.3 is 10.2 Å². The van der Waals surface area contributed by atoms with Crippen LogP contribution in [-0.4, -0.2) is 62.8 Å². The minimum absolute atomic E-state index is 0.0484. The summed E-state index contributed by atoms with van der Waals surface area (Å²) in [5.41, 5.74) is 0.369. The average Bonchev–Trinajstić information content (AvgIpc) is 2.69. The van der Waals surface area contributed by atoms with Crippen LogP contribution < -0.4 is 10.5 Å². The molecule has 1 saturated heterocycles. The molecule has 160 valence electrons. The zero-order chi connectivity index (χ0) is 21.9. The second-order valence-corrected chi connectivity index (χ2v) is 8.38. The molecule has 0 radical (unpaired) electrons. The number of carbonyl (C=O) groups excluding carboxylic acids is 2. The van der Waals surface area contributed by atoms with Crippen LogP contribution in [0.5, 0.6) is 0 Å². The van der Waals surface area contributed by atoms with Gasteiger partial charge in [-0.3, -0.25) is 14.5 Å². The van der Waals surface area contributed by atoms with E-state index in [0.717, 1.165) is 12.1 Å². The molecule has 0 aliphatic carbocycles. The van der Waals surface area contributed by atoms with Crippen LogP contribution in [0.4, 0.5) is 14.5 Å². The third-order valence-corrected chi connectivity index (χ3v) is 5.55. The molecule has 1 heterocycles. The Balaban J connectivity index is 1.52. The van der Waals surface area contributed by atoms with E-state index in [4.69, 9.17) is 5.14 Å². The molecule has 2 aromatic carbocycles. The van der Waals surface area contributed by atoms with E-state index in [1.54, 1.807) is 6.07 Å². The number of rotatable bonds is 5. The molecule has 0 saturated carbocycles. The molecule has 2 amide bonds. The average molecular weight is 438 g/mol. The maximum absolute atomic E-state index is 13.3. The Kier molecular flexibility index (Phi) is 6.44. The Morgan fingerprint density at radius 2 is 1.70 bits per heavy atom. The molecule has 30 heavy (non-hydrogen) atoms. The van der Waals surface area contributed by atoms with Gasteiger partial charge in [0.2, 0.25) is 15.9 Å². The van der Waals surface area contributed by atoms with Crippen LogP contribution in [-0.2, 0) is 14.8 Å². The summed E-state index contributed by atoms with van der Waals surface area (Å²) in [4.78, 5) is 27.9. The van der Waals surface area contributed by atoms with Crippen LogP contribution in [0.2, 0.25) is 0 Å². The number of nitrogens with two attached hydrogens (primary N) is 1. The predicted molar refractivity (Wildman–Crippen MR) is 105 cm³/mol. The summed E-state index contributed by atoms with van der Waals surface area (Å²) in [6, 6.07) is 8.63. The molecule has 3 N–H and O–H groups in total. The van der Waals surface area contributed by atoms with Gasteiger partial charge in [-0.15, -0.1) is 0 Å². The zero-order valence-electron chi connectivity index (χ0n) is 15.8. The molecule has 0 aromatic heterocycles. The lowest BCUT2D eigenvalue weighted by Gasteiger charge is -2.34. The van der Waals surface area contributed by atoms with Crippen molar-refractivity contribution in [3.05, 3.63) is 59.7 Å². The maximum Gasteiger partial charge on any atom is 0.254 e. The van der Waals surface area contributed by atoms with E-state index in [2.05, 4.69) is 5.32 Å². The highest BCUT2D eigenvalue weighted by Gasteiger charge is 2.24.